The zero-order valence-electron chi connectivity index (χ0n) is 11.8. The molecule has 6 heteroatoms. The highest BCUT2D eigenvalue weighted by molar-refractivity contribution is 5.85. The van der Waals surface area contributed by atoms with Crippen LogP contribution in [-0.4, -0.2) is 34.5 Å². The number of hydrogen-bond acceptors (Lipinski definition) is 5. The van der Waals surface area contributed by atoms with E-state index >= 15 is 0 Å². The summed E-state index contributed by atoms with van der Waals surface area (Å²) in [5.41, 5.74) is 0.998. The van der Waals surface area contributed by atoms with Crippen molar-refractivity contribution in [2.45, 2.75) is 20.4 Å². The molecule has 6 nitrogen and oxygen atoms in total. The maximum absolute atomic E-state index is 11.8. The molecule has 0 atom stereocenters. The Labute approximate surface area is 117 Å². The largest absolute Gasteiger partial charge is 0.497 e. The van der Waals surface area contributed by atoms with Crippen LogP contribution in [-0.2, 0) is 11.3 Å². The van der Waals surface area contributed by atoms with Gasteiger partial charge in [-0.25, -0.2) is 4.79 Å². The number of nitrogens with zero attached hydrogens (tertiary/aromatic N) is 3. The third-order valence-corrected chi connectivity index (χ3v) is 2.87. The van der Waals surface area contributed by atoms with Crippen LogP contribution in [0.1, 0.15) is 28.9 Å². The highest BCUT2D eigenvalue weighted by Crippen LogP contribution is 2.15. The number of aryl methyl sites for hydroxylation is 1. The smallest absolute Gasteiger partial charge is 0.376 e. The van der Waals surface area contributed by atoms with E-state index in [4.69, 9.17) is 9.47 Å². The number of rotatable bonds is 5. The quantitative estimate of drug-likeness (QED) is 0.779. The van der Waals surface area contributed by atoms with E-state index in [1.807, 2.05) is 24.3 Å². The topological polar surface area (TPSA) is 66.2 Å². The van der Waals surface area contributed by atoms with Gasteiger partial charge in [-0.1, -0.05) is 12.1 Å². The molecule has 0 saturated carbocycles. The molecule has 0 bridgehead atoms. The van der Waals surface area contributed by atoms with E-state index in [0.29, 0.717) is 19.0 Å². The molecule has 106 valence electrons. The molecule has 2 rings (SSSR count). The van der Waals surface area contributed by atoms with Crippen molar-refractivity contribution in [1.29, 1.82) is 0 Å². The van der Waals surface area contributed by atoms with Crippen LogP contribution in [0.5, 0.6) is 5.75 Å². The Hall–Kier alpha value is -2.37. The second-order valence-corrected chi connectivity index (χ2v) is 4.23. The lowest BCUT2D eigenvalue weighted by molar-refractivity contribution is 0.0506. The van der Waals surface area contributed by atoms with Crippen molar-refractivity contribution in [3.8, 4) is 5.75 Å². The third kappa shape index (κ3) is 2.96. The summed E-state index contributed by atoms with van der Waals surface area (Å²) in [7, 11) is 1.62. The van der Waals surface area contributed by atoms with Crippen LogP contribution in [0.15, 0.2) is 24.3 Å². The molecule has 2 aromatic rings. The second kappa shape index (κ2) is 6.18. The van der Waals surface area contributed by atoms with Gasteiger partial charge in [0, 0.05) is 0 Å². The number of benzene rings is 1. The van der Waals surface area contributed by atoms with Crippen molar-refractivity contribution in [2.75, 3.05) is 13.7 Å². The monoisotopic (exact) mass is 275 g/mol. The van der Waals surface area contributed by atoms with Crippen LogP contribution in [0, 0.1) is 6.92 Å². The second-order valence-electron chi connectivity index (χ2n) is 4.23. The van der Waals surface area contributed by atoms with E-state index in [1.54, 1.807) is 25.5 Å². The summed E-state index contributed by atoms with van der Waals surface area (Å²) >= 11 is 0. The van der Waals surface area contributed by atoms with Crippen LogP contribution in [0.3, 0.4) is 0 Å². The van der Waals surface area contributed by atoms with E-state index in [-0.39, 0.29) is 5.82 Å². The molecule has 0 radical (unpaired) electrons. The molecule has 20 heavy (non-hydrogen) atoms. The predicted molar refractivity (Wildman–Crippen MR) is 72.8 cm³/mol. The summed E-state index contributed by atoms with van der Waals surface area (Å²) < 4.78 is 11.9. The number of ether oxygens (including phenoxy) is 2. The van der Waals surface area contributed by atoms with Gasteiger partial charge in [0.15, 0.2) is 0 Å². The lowest BCUT2D eigenvalue weighted by atomic mass is 10.2. The number of hydrogen-bond donors (Lipinski definition) is 0. The van der Waals surface area contributed by atoms with Crippen molar-refractivity contribution in [3.63, 3.8) is 0 Å². The first-order chi connectivity index (χ1) is 9.65. The van der Waals surface area contributed by atoms with Crippen LogP contribution in [0.25, 0.3) is 0 Å². The minimum Gasteiger partial charge on any atom is -0.497 e. The van der Waals surface area contributed by atoms with Crippen LogP contribution in [0.2, 0.25) is 0 Å². The maximum atomic E-state index is 11.8. The molecule has 0 aliphatic rings. The van der Waals surface area contributed by atoms with Crippen molar-refractivity contribution in [1.82, 2.24) is 14.8 Å². The average molecular weight is 275 g/mol. The van der Waals surface area contributed by atoms with Crippen molar-refractivity contribution >= 4 is 5.97 Å². The molecule has 0 N–H and O–H groups in total. The average Bonchev–Trinajstić information content (AvgIpc) is 2.81. The lowest BCUT2D eigenvalue weighted by Crippen LogP contribution is -2.15. The van der Waals surface area contributed by atoms with E-state index in [1.165, 1.54) is 0 Å². The molecule has 0 saturated heterocycles. The number of aromatic nitrogens is 3. The standard InChI is InChI=1S/C14H17N3O3/c1-4-20-14(18)13-16-15-10(2)17(13)9-11-6-5-7-12(8-11)19-3/h5-8H,4,9H2,1-3H3. The fraction of sp³-hybridized carbons (Fsp3) is 0.357. The molecule has 0 aliphatic carbocycles. The Morgan fingerprint density at radius 3 is 2.85 bits per heavy atom. The normalized spacial score (nSPS) is 10.3. The Morgan fingerprint density at radius 1 is 1.35 bits per heavy atom. The number of carbonyl (C=O) groups excluding carboxylic acids is 1. The van der Waals surface area contributed by atoms with Gasteiger partial charge in [0.25, 0.3) is 0 Å². The fourth-order valence-electron chi connectivity index (χ4n) is 1.87. The summed E-state index contributed by atoms with van der Waals surface area (Å²) in [4.78, 5) is 11.8. The van der Waals surface area contributed by atoms with Crippen molar-refractivity contribution < 1.29 is 14.3 Å². The van der Waals surface area contributed by atoms with E-state index in [2.05, 4.69) is 10.2 Å². The maximum Gasteiger partial charge on any atom is 0.376 e. The molecule has 0 amide bonds. The third-order valence-electron chi connectivity index (χ3n) is 2.87. The number of carbonyl (C=O) groups is 1. The van der Waals surface area contributed by atoms with E-state index in [0.717, 1.165) is 11.3 Å². The van der Waals surface area contributed by atoms with Crippen LogP contribution >= 0.6 is 0 Å². The molecule has 0 aliphatic heterocycles. The summed E-state index contributed by atoms with van der Waals surface area (Å²) in [6.07, 6.45) is 0. The predicted octanol–water partition coefficient (Wildman–Crippen LogP) is 1.82. The van der Waals surface area contributed by atoms with Gasteiger partial charge in [-0.2, -0.15) is 0 Å². The molecule has 1 heterocycles. The lowest BCUT2D eigenvalue weighted by Gasteiger charge is -2.09. The Kier molecular flexibility index (Phi) is 4.34. The van der Waals surface area contributed by atoms with Crippen LogP contribution < -0.4 is 4.74 Å². The van der Waals surface area contributed by atoms with Gasteiger partial charge in [-0.15, -0.1) is 10.2 Å². The summed E-state index contributed by atoms with van der Waals surface area (Å²) in [6.45, 7) is 4.36. The first-order valence-corrected chi connectivity index (χ1v) is 6.35. The van der Waals surface area contributed by atoms with Gasteiger partial charge in [-0.3, -0.25) is 0 Å². The molecule has 1 aromatic heterocycles. The van der Waals surface area contributed by atoms with Crippen molar-refractivity contribution in [3.05, 3.63) is 41.5 Å². The Morgan fingerprint density at radius 2 is 2.15 bits per heavy atom. The van der Waals surface area contributed by atoms with E-state index < -0.39 is 5.97 Å². The highest BCUT2D eigenvalue weighted by Gasteiger charge is 2.18. The van der Waals surface area contributed by atoms with Crippen molar-refractivity contribution in [2.24, 2.45) is 0 Å². The van der Waals surface area contributed by atoms with Gasteiger partial charge in [-0.05, 0) is 31.5 Å². The van der Waals surface area contributed by atoms with Gasteiger partial charge in [0.1, 0.15) is 11.6 Å². The summed E-state index contributed by atoms with van der Waals surface area (Å²) in [5, 5.41) is 7.82. The van der Waals surface area contributed by atoms with Gasteiger partial charge >= 0.3 is 5.97 Å². The van der Waals surface area contributed by atoms with Crippen LogP contribution in [0.4, 0.5) is 0 Å². The molecular formula is C14H17N3O3. The first kappa shape index (κ1) is 14.0. The summed E-state index contributed by atoms with van der Waals surface area (Å²) in [6, 6.07) is 7.64. The SMILES string of the molecule is CCOC(=O)c1nnc(C)n1Cc1cccc(OC)c1. The molecule has 0 fully saturated rings. The van der Waals surface area contributed by atoms with Gasteiger partial charge in [0.05, 0.1) is 20.3 Å². The number of methoxy groups -OCH3 is 1. The Bertz CT molecular complexity index is 607. The zero-order valence-corrected chi connectivity index (χ0v) is 11.8. The van der Waals surface area contributed by atoms with E-state index in [9.17, 15) is 4.79 Å². The van der Waals surface area contributed by atoms with Gasteiger partial charge < -0.3 is 14.0 Å². The summed E-state index contributed by atoms with van der Waals surface area (Å²) in [5.74, 6) is 1.19. The first-order valence-electron chi connectivity index (χ1n) is 6.35. The highest BCUT2D eigenvalue weighted by atomic mass is 16.5. The minimum atomic E-state index is -0.462. The molecule has 1 aromatic carbocycles. The minimum absolute atomic E-state index is 0.215. The Balaban J connectivity index is 2.28. The molecular weight excluding hydrogens is 258 g/mol. The molecule has 0 unspecified atom stereocenters. The molecule has 0 spiro atoms. The fourth-order valence-corrected chi connectivity index (χ4v) is 1.87. The zero-order chi connectivity index (χ0) is 14.5. The number of esters is 1. The van der Waals surface area contributed by atoms with Gasteiger partial charge in [0.2, 0.25) is 5.82 Å².